The summed E-state index contributed by atoms with van der Waals surface area (Å²) in [5.74, 6) is 0. The third kappa shape index (κ3) is 2.13. The Bertz CT molecular complexity index is 827. The molecule has 0 bridgehead atoms. The fourth-order valence-electron chi connectivity index (χ4n) is 1.67. The Hall–Kier alpha value is -2.12. The van der Waals surface area contributed by atoms with Gasteiger partial charge in [0, 0.05) is 6.07 Å². The van der Waals surface area contributed by atoms with Crippen molar-refractivity contribution in [1.29, 1.82) is 0 Å². The molecule has 0 unspecified atom stereocenters. The van der Waals surface area contributed by atoms with E-state index in [1.807, 2.05) is 0 Å². The first-order chi connectivity index (χ1) is 9.15. The molecule has 2 heterocycles. The highest BCUT2D eigenvalue weighted by Gasteiger charge is 2.06. The normalized spacial score (nSPS) is 10.8. The van der Waals surface area contributed by atoms with Crippen molar-refractivity contribution in [2.24, 2.45) is 0 Å². The second-order valence-corrected chi connectivity index (χ2v) is 5.34. The zero-order valence-electron chi connectivity index (χ0n) is 9.41. The van der Waals surface area contributed by atoms with Crippen LogP contribution in [-0.2, 0) is 0 Å². The molecular formula is C11H7ClN4O2S. The van der Waals surface area contributed by atoms with Crippen LogP contribution in [0.25, 0.3) is 11.4 Å². The third-order valence-electron chi connectivity index (χ3n) is 2.53. The van der Waals surface area contributed by atoms with E-state index in [4.69, 9.17) is 11.6 Å². The highest BCUT2D eigenvalue weighted by atomic mass is 35.5. The maximum absolute atomic E-state index is 11.6. The van der Waals surface area contributed by atoms with E-state index in [0.29, 0.717) is 15.7 Å². The van der Waals surface area contributed by atoms with Gasteiger partial charge in [-0.05, 0) is 35.8 Å². The van der Waals surface area contributed by atoms with Crippen molar-refractivity contribution < 1.29 is 0 Å². The predicted molar refractivity (Wildman–Crippen MR) is 72.7 cm³/mol. The van der Waals surface area contributed by atoms with Crippen LogP contribution >= 0.6 is 23.1 Å². The van der Waals surface area contributed by atoms with Gasteiger partial charge in [-0.15, -0.1) is 0 Å². The Morgan fingerprint density at radius 2 is 1.84 bits per heavy atom. The zero-order valence-corrected chi connectivity index (χ0v) is 11.0. The first-order valence-electron chi connectivity index (χ1n) is 5.27. The fraction of sp³-hybridized carbons (Fsp3) is 0. The second kappa shape index (κ2) is 4.52. The fourth-order valence-corrected chi connectivity index (χ4v) is 2.67. The molecule has 3 rings (SSSR count). The number of benzene rings is 1. The zero-order chi connectivity index (χ0) is 13.4. The molecule has 0 fully saturated rings. The first-order valence-corrected chi connectivity index (χ1v) is 6.42. The molecule has 3 aromatic rings. The van der Waals surface area contributed by atoms with Gasteiger partial charge in [-0.1, -0.05) is 11.6 Å². The van der Waals surface area contributed by atoms with Crippen molar-refractivity contribution in [1.82, 2.24) is 18.7 Å². The van der Waals surface area contributed by atoms with Crippen molar-refractivity contribution in [2.45, 2.75) is 0 Å². The van der Waals surface area contributed by atoms with Gasteiger partial charge in [0.2, 0.25) is 0 Å². The molecule has 2 aromatic heterocycles. The predicted octanol–water partition coefficient (Wildman–Crippen LogP) is 1.43. The van der Waals surface area contributed by atoms with E-state index >= 15 is 0 Å². The van der Waals surface area contributed by atoms with Crippen LogP contribution in [0.15, 0.2) is 46.2 Å². The lowest BCUT2D eigenvalue weighted by atomic mass is 10.3. The van der Waals surface area contributed by atoms with Crippen LogP contribution in [0.1, 0.15) is 0 Å². The topological polar surface area (TPSA) is 72.7 Å². The van der Waals surface area contributed by atoms with Crippen molar-refractivity contribution in [3.8, 4) is 11.4 Å². The number of nitrogens with zero attached hydrogens (tertiary/aromatic N) is 3. The van der Waals surface area contributed by atoms with Crippen molar-refractivity contribution in [3.05, 3.63) is 61.8 Å². The lowest BCUT2D eigenvalue weighted by molar-refractivity contribution is 0.980. The number of nitrogens with one attached hydrogen (secondary N) is 1. The van der Waals surface area contributed by atoms with Crippen LogP contribution in [0.4, 0.5) is 0 Å². The molecule has 6 nitrogen and oxygen atoms in total. The Morgan fingerprint density at radius 3 is 2.37 bits per heavy atom. The summed E-state index contributed by atoms with van der Waals surface area (Å²) in [6.07, 6.45) is 1.39. The van der Waals surface area contributed by atoms with Gasteiger partial charge >= 0.3 is 5.69 Å². The maximum atomic E-state index is 11.6. The quantitative estimate of drug-likeness (QED) is 0.777. The average molecular weight is 295 g/mol. The van der Waals surface area contributed by atoms with Crippen LogP contribution in [-0.4, -0.2) is 18.7 Å². The second-order valence-electron chi connectivity index (χ2n) is 3.72. The van der Waals surface area contributed by atoms with E-state index in [1.165, 1.54) is 20.9 Å². The molecule has 0 amide bonds. The number of aromatic amines is 1. The maximum Gasteiger partial charge on any atom is 0.347 e. The van der Waals surface area contributed by atoms with Crippen LogP contribution in [0.5, 0.6) is 0 Å². The van der Waals surface area contributed by atoms with Crippen LogP contribution in [0.3, 0.4) is 0 Å². The Morgan fingerprint density at radius 1 is 1.16 bits per heavy atom. The molecule has 0 atom stereocenters. The van der Waals surface area contributed by atoms with Crippen LogP contribution in [0, 0.1) is 0 Å². The molecule has 1 aromatic carbocycles. The minimum Gasteiger partial charge on any atom is -0.268 e. The highest BCUT2D eigenvalue weighted by Crippen LogP contribution is 2.18. The summed E-state index contributed by atoms with van der Waals surface area (Å²) in [6.45, 7) is 0. The average Bonchev–Trinajstić information content (AvgIpc) is 2.96. The van der Waals surface area contributed by atoms with Crippen molar-refractivity contribution >= 4 is 23.1 Å². The third-order valence-corrected chi connectivity index (χ3v) is 3.71. The molecule has 19 heavy (non-hydrogen) atoms. The first kappa shape index (κ1) is 11.9. The lowest BCUT2D eigenvalue weighted by Gasteiger charge is -2.03. The summed E-state index contributed by atoms with van der Waals surface area (Å²) in [4.78, 5) is 23.0. The molecule has 0 saturated carbocycles. The number of H-pyrrole nitrogens is 1. The Kier molecular flexibility index (Phi) is 2.84. The van der Waals surface area contributed by atoms with Gasteiger partial charge in [0.05, 0.1) is 11.4 Å². The molecule has 0 aliphatic rings. The van der Waals surface area contributed by atoms with E-state index in [1.54, 1.807) is 24.3 Å². The van der Waals surface area contributed by atoms with Gasteiger partial charge in [-0.2, -0.15) is 5.10 Å². The number of hydrogen-bond donors (Lipinski definition) is 1. The van der Waals surface area contributed by atoms with E-state index < -0.39 is 0 Å². The number of halogens is 1. The summed E-state index contributed by atoms with van der Waals surface area (Å²) in [6, 6.07) is 8.30. The van der Waals surface area contributed by atoms with Crippen molar-refractivity contribution in [2.75, 3.05) is 0 Å². The largest absolute Gasteiger partial charge is 0.347 e. The molecule has 1 N–H and O–H groups in total. The van der Waals surface area contributed by atoms with Gasteiger partial charge in [0.1, 0.15) is 10.7 Å². The van der Waals surface area contributed by atoms with Gasteiger partial charge in [0.25, 0.3) is 5.56 Å². The molecule has 0 radical (unpaired) electrons. The van der Waals surface area contributed by atoms with Crippen LogP contribution < -0.4 is 11.2 Å². The summed E-state index contributed by atoms with van der Waals surface area (Å²) in [5.41, 5.74) is 0.868. The monoisotopic (exact) mass is 294 g/mol. The van der Waals surface area contributed by atoms with Crippen LogP contribution in [0.2, 0.25) is 4.34 Å². The molecule has 0 saturated heterocycles. The summed E-state index contributed by atoms with van der Waals surface area (Å²) < 4.78 is 3.28. The Labute approximate surface area is 115 Å². The summed E-state index contributed by atoms with van der Waals surface area (Å²) >= 11 is 6.95. The van der Waals surface area contributed by atoms with E-state index in [9.17, 15) is 9.59 Å². The van der Waals surface area contributed by atoms with E-state index in [0.717, 1.165) is 11.5 Å². The number of hydrogen-bond acceptors (Lipinski definition) is 4. The Balaban J connectivity index is 2.04. The van der Waals surface area contributed by atoms with E-state index in [2.05, 4.69) is 10.2 Å². The minimum atomic E-state index is -0.316. The van der Waals surface area contributed by atoms with Gasteiger partial charge in [-0.3, -0.25) is 4.79 Å². The standard InChI is InChI=1S/C11H7ClN4O2S/c12-9-5-10(17)16(19-9)8-3-1-7(2-4-8)15-6-13-14-11(15)18/h1-6H,(H,14,18). The van der Waals surface area contributed by atoms with Gasteiger partial charge in [-0.25, -0.2) is 18.4 Å². The molecule has 0 spiro atoms. The highest BCUT2D eigenvalue weighted by molar-refractivity contribution is 7.11. The minimum absolute atomic E-state index is 0.178. The molecule has 0 aliphatic carbocycles. The van der Waals surface area contributed by atoms with E-state index in [-0.39, 0.29) is 11.2 Å². The summed E-state index contributed by atoms with van der Waals surface area (Å²) in [5, 5.41) is 5.96. The van der Waals surface area contributed by atoms with Gasteiger partial charge in [0.15, 0.2) is 0 Å². The molecule has 0 aliphatic heterocycles. The lowest BCUT2D eigenvalue weighted by Crippen LogP contribution is -2.14. The molecule has 96 valence electrons. The van der Waals surface area contributed by atoms with Crippen molar-refractivity contribution in [3.63, 3.8) is 0 Å². The SMILES string of the molecule is O=c1[nH]ncn1-c1ccc(-n2sc(Cl)cc2=O)cc1. The summed E-state index contributed by atoms with van der Waals surface area (Å²) in [7, 11) is 0. The molecular weight excluding hydrogens is 288 g/mol. The number of rotatable bonds is 2. The van der Waals surface area contributed by atoms with Gasteiger partial charge < -0.3 is 0 Å². The molecule has 8 heteroatoms. The smallest absolute Gasteiger partial charge is 0.268 e. The number of aromatic nitrogens is 4.